The zero-order valence-corrected chi connectivity index (χ0v) is 16.9. The summed E-state index contributed by atoms with van der Waals surface area (Å²) in [7, 11) is 0. The molecule has 1 aromatic carbocycles. The average molecular weight is 410 g/mol. The Morgan fingerprint density at radius 3 is 2.72 bits per heavy atom. The smallest absolute Gasteiger partial charge is 0.270 e. The van der Waals surface area contributed by atoms with Crippen LogP contribution in [0.3, 0.4) is 0 Å². The number of aromatic amines is 1. The summed E-state index contributed by atoms with van der Waals surface area (Å²) < 4.78 is 0. The number of likely N-dealkylation sites (tertiary alicyclic amines) is 1. The van der Waals surface area contributed by atoms with Crippen LogP contribution in [0.5, 0.6) is 0 Å². The summed E-state index contributed by atoms with van der Waals surface area (Å²) in [4.78, 5) is 45.8. The number of piperidine rings is 1. The number of benzene rings is 1. The van der Waals surface area contributed by atoms with Gasteiger partial charge in [0.25, 0.3) is 11.5 Å². The number of fused-ring (bicyclic) bond motifs is 1. The van der Waals surface area contributed by atoms with Crippen LogP contribution in [-0.2, 0) is 4.79 Å². The molecule has 8 heteroatoms. The first-order valence-corrected chi connectivity index (χ1v) is 10.5. The van der Waals surface area contributed by atoms with E-state index in [1.54, 1.807) is 29.3 Å². The number of nitrogens with zero attached hydrogens (tertiary/aromatic N) is 2. The molecule has 1 aliphatic rings. The number of hydrogen-bond donors (Lipinski definition) is 2. The molecular formula is C21H22N4O3S. The van der Waals surface area contributed by atoms with Gasteiger partial charge in [-0.2, -0.15) is 0 Å². The predicted octanol–water partition coefficient (Wildman–Crippen LogP) is 2.71. The van der Waals surface area contributed by atoms with Crippen LogP contribution in [0.1, 0.15) is 41.3 Å². The van der Waals surface area contributed by atoms with Crippen LogP contribution in [0.25, 0.3) is 10.8 Å². The molecule has 2 N–H and O–H groups in total. The van der Waals surface area contributed by atoms with E-state index in [1.165, 1.54) is 18.3 Å². The lowest BCUT2D eigenvalue weighted by molar-refractivity contribution is -0.120. The number of hydrogen-bond acceptors (Lipinski definition) is 5. The van der Waals surface area contributed by atoms with Gasteiger partial charge in [0.2, 0.25) is 5.91 Å². The van der Waals surface area contributed by atoms with Crippen molar-refractivity contribution in [1.29, 1.82) is 0 Å². The van der Waals surface area contributed by atoms with E-state index >= 15 is 0 Å². The molecule has 1 fully saturated rings. The SMILES string of the molecule is CC(=O)NC(c1nccs1)C1CCN(C(=O)c2cc3ccccc3c(=O)[nH]2)CC1. The average Bonchev–Trinajstić information content (AvgIpc) is 3.26. The molecule has 0 saturated carbocycles. The van der Waals surface area contributed by atoms with Gasteiger partial charge in [-0.1, -0.05) is 18.2 Å². The molecule has 0 aliphatic carbocycles. The maximum Gasteiger partial charge on any atom is 0.270 e. The highest BCUT2D eigenvalue weighted by Crippen LogP contribution is 2.32. The molecule has 1 unspecified atom stereocenters. The highest BCUT2D eigenvalue weighted by Gasteiger charge is 2.31. The minimum absolute atomic E-state index is 0.0857. The van der Waals surface area contributed by atoms with E-state index in [2.05, 4.69) is 15.3 Å². The molecule has 29 heavy (non-hydrogen) atoms. The highest BCUT2D eigenvalue weighted by molar-refractivity contribution is 7.09. The van der Waals surface area contributed by atoms with Crippen molar-refractivity contribution in [2.45, 2.75) is 25.8 Å². The Labute approximate surface area is 171 Å². The van der Waals surface area contributed by atoms with Gasteiger partial charge < -0.3 is 15.2 Å². The monoisotopic (exact) mass is 410 g/mol. The number of carbonyl (C=O) groups excluding carboxylic acids is 2. The topological polar surface area (TPSA) is 95.2 Å². The Kier molecular flexibility index (Phi) is 5.44. The maximum absolute atomic E-state index is 13.0. The van der Waals surface area contributed by atoms with Crippen molar-refractivity contribution in [3.63, 3.8) is 0 Å². The summed E-state index contributed by atoms with van der Waals surface area (Å²) in [6.45, 7) is 2.65. The van der Waals surface area contributed by atoms with Crippen LogP contribution in [0, 0.1) is 5.92 Å². The van der Waals surface area contributed by atoms with Gasteiger partial charge in [-0.25, -0.2) is 4.98 Å². The summed E-state index contributed by atoms with van der Waals surface area (Å²) in [5, 5.41) is 7.13. The zero-order valence-electron chi connectivity index (χ0n) is 16.1. The molecular weight excluding hydrogens is 388 g/mol. The van der Waals surface area contributed by atoms with E-state index in [0.29, 0.717) is 24.2 Å². The molecule has 7 nitrogen and oxygen atoms in total. The normalized spacial score (nSPS) is 16.0. The molecule has 1 atom stereocenters. The van der Waals surface area contributed by atoms with Crippen molar-refractivity contribution in [2.24, 2.45) is 5.92 Å². The number of nitrogens with one attached hydrogen (secondary N) is 2. The molecule has 4 rings (SSSR count). The van der Waals surface area contributed by atoms with Gasteiger partial charge in [-0.05, 0) is 36.3 Å². The van der Waals surface area contributed by atoms with Gasteiger partial charge >= 0.3 is 0 Å². The predicted molar refractivity (Wildman–Crippen MR) is 112 cm³/mol. The van der Waals surface area contributed by atoms with E-state index in [-0.39, 0.29) is 29.3 Å². The lowest BCUT2D eigenvalue weighted by Crippen LogP contribution is -2.43. The zero-order chi connectivity index (χ0) is 20.4. The molecule has 0 bridgehead atoms. The first-order chi connectivity index (χ1) is 14.0. The third-order valence-corrected chi connectivity index (χ3v) is 6.22. The minimum atomic E-state index is -0.254. The van der Waals surface area contributed by atoms with Crippen molar-refractivity contribution in [2.75, 3.05) is 13.1 Å². The van der Waals surface area contributed by atoms with Gasteiger partial charge in [-0.15, -0.1) is 11.3 Å². The van der Waals surface area contributed by atoms with Gasteiger partial charge in [0.15, 0.2) is 0 Å². The largest absolute Gasteiger partial charge is 0.347 e. The van der Waals surface area contributed by atoms with Crippen molar-refractivity contribution in [1.82, 2.24) is 20.2 Å². The van der Waals surface area contributed by atoms with Crippen LogP contribution < -0.4 is 10.9 Å². The molecule has 3 aromatic rings. The van der Waals surface area contributed by atoms with Gasteiger partial charge in [0.1, 0.15) is 10.7 Å². The molecule has 0 spiro atoms. The Bertz CT molecular complexity index is 1080. The first kappa shape index (κ1) is 19.3. The van der Waals surface area contributed by atoms with Crippen LogP contribution >= 0.6 is 11.3 Å². The second-order valence-electron chi connectivity index (χ2n) is 7.28. The van der Waals surface area contributed by atoms with Crippen molar-refractivity contribution in [3.05, 3.63) is 63.0 Å². The summed E-state index contributed by atoms with van der Waals surface area (Å²) in [5.41, 5.74) is 0.0568. The Balaban J connectivity index is 1.48. The Hall–Kier alpha value is -3.00. The lowest BCUT2D eigenvalue weighted by Gasteiger charge is -2.35. The van der Waals surface area contributed by atoms with Crippen LogP contribution in [0.2, 0.25) is 0 Å². The van der Waals surface area contributed by atoms with Crippen LogP contribution in [-0.4, -0.2) is 39.8 Å². The molecule has 3 heterocycles. The molecule has 0 radical (unpaired) electrons. The minimum Gasteiger partial charge on any atom is -0.347 e. The van der Waals surface area contributed by atoms with Crippen molar-refractivity contribution < 1.29 is 9.59 Å². The fraction of sp³-hybridized carbons (Fsp3) is 0.333. The second kappa shape index (κ2) is 8.16. The molecule has 1 saturated heterocycles. The highest BCUT2D eigenvalue weighted by atomic mass is 32.1. The number of thiazole rings is 1. The lowest BCUT2D eigenvalue weighted by atomic mass is 9.89. The third kappa shape index (κ3) is 4.07. The Morgan fingerprint density at radius 2 is 2.03 bits per heavy atom. The number of rotatable bonds is 4. The van der Waals surface area contributed by atoms with E-state index in [0.717, 1.165) is 23.2 Å². The number of H-pyrrole nitrogens is 1. The van der Waals surface area contributed by atoms with Crippen LogP contribution in [0.15, 0.2) is 46.7 Å². The van der Waals surface area contributed by atoms with E-state index < -0.39 is 0 Å². The number of amides is 2. The standard InChI is InChI=1S/C21H22N4O3S/c1-13(26)23-18(20-22-8-11-29-20)14-6-9-25(10-7-14)21(28)17-12-15-4-2-3-5-16(15)19(27)24-17/h2-5,8,11-12,14,18H,6-7,9-10H2,1H3,(H,23,26)(H,24,27). The molecule has 2 amide bonds. The fourth-order valence-corrected chi connectivity index (χ4v) is 4.70. The van der Waals surface area contributed by atoms with Gasteiger partial charge in [0.05, 0.1) is 6.04 Å². The summed E-state index contributed by atoms with van der Waals surface area (Å²) in [6.07, 6.45) is 3.26. The second-order valence-corrected chi connectivity index (χ2v) is 8.20. The summed E-state index contributed by atoms with van der Waals surface area (Å²) in [5.74, 6) is -0.0428. The van der Waals surface area contributed by atoms with Gasteiger partial charge in [0, 0.05) is 37.0 Å². The Morgan fingerprint density at radius 1 is 1.28 bits per heavy atom. The molecule has 150 valence electrons. The fourth-order valence-electron chi connectivity index (χ4n) is 3.92. The number of pyridine rings is 1. The number of aromatic nitrogens is 2. The molecule has 2 aromatic heterocycles. The van der Waals surface area contributed by atoms with Gasteiger partial charge in [-0.3, -0.25) is 14.4 Å². The van der Waals surface area contributed by atoms with E-state index in [1.807, 2.05) is 17.5 Å². The van der Waals surface area contributed by atoms with Crippen molar-refractivity contribution in [3.8, 4) is 0 Å². The van der Waals surface area contributed by atoms with Crippen molar-refractivity contribution >= 4 is 33.9 Å². The van der Waals surface area contributed by atoms with Crippen LogP contribution in [0.4, 0.5) is 0 Å². The van der Waals surface area contributed by atoms with E-state index in [9.17, 15) is 14.4 Å². The van der Waals surface area contributed by atoms with E-state index in [4.69, 9.17) is 0 Å². The number of carbonyl (C=O) groups is 2. The quantitative estimate of drug-likeness (QED) is 0.691. The summed E-state index contributed by atoms with van der Waals surface area (Å²) in [6, 6.07) is 8.83. The third-order valence-electron chi connectivity index (χ3n) is 5.36. The first-order valence-electron chi connectivity index (χ1n) is 9.61. The molecule has 1 aliphatic heterocycles. The maximum atomic E-state index is 13.0. The summed E-state index contributed by atoms with van der Waals surface area (Å²) >= 11 is 1.53.